The van der Waals surface area contributed by atoms with Crippen LogP contribution in [0, 0.1) is 0 Å². The lowest BCUT2D eigenvalue weighted by Crippen LogP contribution is -2.43. The van der Waals surface area contributed by atoms with Crippen LogP contribution in [0.25, 0.3) is 0 Å². The summed E-state index contributed by atoms with van der Waals surface area (Å²) in [5, 5.41) is 0. The van der Waals surface area contributed by atoms with Crippen LogP contribution in [-0.2, 0) is 4.74 Å². The van der Waals surface area contributed by atoms with E-state index < -0.39 is 0 Å². The predicted molar refractivity (Wildman–Crippen MR) is 46.7 cm³/mol. The van der Waals surface area contributed by atoms with E-state index in [4.69, 9.17) is 4.74 Å². The number of likely N-dealkylation sites (N-methyl/N-ethyl adjacent to an activating group) is 1. The largest absolute Gasteiger partial charge is 0.372 e. The van der Waals surface area contributed by atoms with E-state index in [1.54, 1.807) is 0 Å². The first kappa shape index (κ1) is 9.01. The molecule has 1 heterocycles. The molecule has 0 radical (unpaired) electrons. The van der Waals surface area contributed by atoms with Crippen LogP contribution in [0.4, 0.5) is 0 Å². The molecule has 1 saturated heterocycles. The SMILES string of the molecule is CCN(C[C@H]1CO1)C(C)(C)C. The van der Waals surface area contributed by atoms with Gasteiger partial charge >= 0.3 is 0 Å². The molecule has 1 atom stereocenters. The Kier molecular flexibility index (Phi) is 2.55. The Morgan fingerprint density at radius 1 is 1.45 bits per heavy atom. The van der Waals surface area contributed by atoms with Crippen LogP contribution in [-0.4, -0.2) is 36.2 Å². The second-order valence-electron chi connectivity index (χ2n) is 4.16. The molecule has 1 aliphatic heterocycles. The van der Waals surface area contributed by atoms with Crippen molar-refractivity contribution in [3.63, 3.8) is 0 Å². The second-order valence-corrected chi connectivity index (χ2v) is 4.16. The fourth-order valence-electron chi connectivity index (χ4n) is 1.30. The zero-order chi connectivity index (χ0) is 8.48. The molecule has 1 fully saturated rings. The van der Waals surface area contributed by atoms with Crippen LogP contribution in [0.3, 0.4) is 0 Å². The third-order valence-electron chi connectivity index (χ3n) is 2.16. The van der Waals surface area contributed by atoms with Gasteiger partial charge in [0.25, 0.3) is 0 Å². The van der Waals surface area contributed by atoms with Crippen molar-refractivity contribution in [3.8, 4) is 0 Å². The minimum Gasteiger partial charge on any atom is -0.372 e. The van der Waals surface area contributed by atoms with Gasteiger partial charge in [0, 0.05) is 12.1 Å². The summed E-state index contributed by atoms with van der Waals surface area (Å²) in [6, 6.07) is 0. The van der Waals surface area contributed by atoms with Gasteiger partial charge in [-0.2, -0.15) is 0 Å². The number of rotatable bonds is 3. The zero-order valence-electron chi connectivity index (χ0n) is 8.05. The molecular weight excluding hydrogens is 138 g/mol. The number of epoxide rings is 1. The van der Waals surface area contributed by atoms with Crippen molar-refractivity contribution < 1.29 is 4.74 Å². The van der Waals surface area contributed by atoms with Crippen molar-refractivity contribution in [2.24, 2.45) is 0 Å². The summed E-state index contributed by atoms with van der Waals surface area (Å²) in [6.45, 7) is 12.1. The Morgan fingerprint density at radius 3 is 2.27 bits per heavy atom. The highest BCUT2D eigenvalue weighted by molar-refractivity contribution is 4.81. The van der Waals surface area contributed by atoms with E-state index in [0.29, 0.717) is 11.6 Å². The molecule has 11 heavy (non-hydrogen) atoms. The van der Waals surface area contributed by atoms with Crippen molar-refractivity contribution in [3.05, 3.63) is 0 Å². The predicted octanol–water partition coefficient (Wildman–Crippen LogP) is 1.51. The molecule has 0 aromatic heterocycles. The molecule has 0 amide bonds. The molecule has 0 spiro atoms. The monoisotopic (exact) mass is 157 g/mol. The van der Waals surface area contributed by atoms with Crippen LogP contribution >= 0.6 is 0 Å². The number of hydrogen-bond acceptors (Lipinski definition) is 2. The number of nitrogens with zero attached hydrogens (tertiary/aromatic N) is 1. The van der Waals surface area contributed by atoms with Crippen LogP contribution < -0.4 is 0 Å². The van der Waals surface area contributed by atoms with E-state index in [2.05, 4.69) is 32.6 Å². The minimum atomic E-state index is 0.292. The van der Waals surface area contributed by atoms with Crippen LogP contribution in [0.2, 0.25) is 0 Å². The number of ether oxygens (including phenoxy) is 1. The van der Waals surface area contributed by atoms with Gasteiger partial charge in [0.2, 0.25) is 0 Å². The van der Waals surface area contributed by atoms with E-state index in [-0.39, 0.29) is 0 Å². The summed E-state index contributed by atoms with van der Waals surface area (Å²) in [5.74, 6) is 0. The van der Waals surface area contributed by atoms with Gasteiger partial charge in [-0.15, -0.1) is 0 Å². The van der Waals surface area contributed by atoms with Crippen LogP contribution in [0.15, 0.2) is 0 Å². The highest BCUT2D eigenvalue weighted by Gasteiger charge is 2.29. The molecule has 1 aliphatic rings. The van der Waals surface area contributed by atoms with E-state index in [0.717, 1.165) is 19.7 Å². The van der Waals surface area contributed by atoms with Crippen molar-refractivity contribution in [1.82, 2.24) is 4.90 Å². The average Bonchev–Trinajstić information content (AvgIpc) is 2.62. The first-order valence-electron chi connectivity index (χ1n) is 4.40. The number of hydrogen-bond donors (Lipinski definition) is 0. The molecule has 0 aliphatic carbocycles. The Labute approximate surface area is 69.5 Å². The molecule has 2 nitrogen and oxygen atoms in total. The van der Waals surface area contributed by atoms with Gasteiger partial charge < -0.3 is 4.74 Å². The first-order chi connectivity index (χ1) is 5.04. The normalized spacial score (nSPS) is 24.3. The van der Waals surface area contributed by atoms with Crippen molar-refractivity contribution in [2.75, 3.05) is 19.7 Å². The smallest absolute Gasteiger partial charge is 0.0936 e. The summed E-state index contributed by atoms with van der Waals surface area (Å²) in [6.07, 6.45) is 0.522. The third-order valence-corrected chi connectivity index (χ3v) is 2.16. The highest BCUT2D eigenvalue weighted by atomic mass is 16.6. The maximum Gasteiger partial charge on any atom is 0.0936 e. The maximum absolute atomic E-state index is 5.19. The van der Waals surface area contributed by atoms with E-state index in [1.165, 1.54) is 0 Å². The molecule has 0 saturated carbocycles. The minimum absolute atomic E-state index is 0.292. The average molecular weight is 157 g/mol. The Morgan fingerprint density at radius 2 is 2.00 bits per heavy atom. The lowest BCUT2D eigenvalue weighted by molar-refractivity contribution is 0.132. The lowest BCUT2D eigenvalue weighted by atomic mass is 10.1. The second kappa shape index (κ2) is 3.11. The van der Waals surface area contributed by atoms with Gasteiger partial charge in [0.05, 0.1) is 12.7 Å². The van der Waals surface area contributed by atoms with Gasteiger partial charge in [0.15, 0.2) is 0 Å². The summed E-state index contributed by atoms with van der Waals surface area (Å²) in [4.78, 5) is 2.45. The first-order valence-corrected chi connectivity index (χ1v) is 4.40. The Hall–Kier alpha value is -0.0800. The summed E-state index contributed by atoms with van der Waals surface area (Å²) in [7, 11) is 0. The van der Waals surface area contributed by atoms with Gasteiger partial charge in [0.1, 0.15) is 0 Å². The van der Waals surface area contributed by atoms with Crippen molar-refractivity contribution >= 4 is 0 Å². The molecule has 0 bridgehead atoms. The molecular formula is C9H19NO. The summed E-state index contributed by atoms with van der Waals surface area (Å²) >= 11 is 0. The van der Waals surface area contributed by atoms with Gasteiger partial charge in [-0.1, -0.05) is 6.92 Å². The topological polar surface area (TPSA) is 15.8 Å². The van der Waals surface area contributed by atoms with E-state index in [9.17, 15) is 0 Å². The summed E-state index contributed by atoms with van der Waals surface area (Å²) in [5.41, 5.74) is 0.292. The van der Waals surface area contributed by atoms with Gasteiger partial charge in [-0.25, -0.2) is 0 Å². The zero-order valence-corrected chi connectivity index (χ0v) is 8.05. The molecule has 66 valence electrons. The molecule has 0 N–H and O–H groups in total. The van der Waals surface area contributed by atoms with Gasteiger partial charge in [-0.05, 0) is 27.3 Å². The third kappa shape index (κ3) is 2.80. The maximum atomic E-state index is 5.19. The lowest BCUT2D eigenvalue weighted by Gasteiger charge is -2.34. The van der Waals surface area contributed by atoms with Crippen molar-refractivity contribution in [1.29, 1.82) is 0 Å². The fourth-order valence-corrected chi connectivity index (χ4v) is 1.30. The molecule has 2 heteroatoms. The van der Waals surface area contributed by atoms with Crippen LogP contribution in [0.1, 0.15) is 27.7 Å². The Bertz CT molecular complexity index is 124. The molecule has 1 rings (SSSR count). The summed E-state index contributed by atoms with van der Waals surface area (Å²) < 4.78 is 5.19. The van der Waals surface area contributed by atoms with Crippen LogP contribution in [0.5, 0.6) is 0 Å². The fraction of sp³-hybridized carbons (Fsp3) is 1.00. The van der Waals surface area contributed by atoms with E-state index in [1.807, 2.05) is 0 Å². The molecule has 0 aromatic carbocycles. The van der Waals surface area contributed by atoms with E-state index >= 15 is 0 Å². The quantitative estimate of drug-likeness (QED) is 0.577. The van der Waals surface area contributed by atoms with Gasteiger partial charge in [-0.3, -0.25) is 4.90 Å². The highest BCUT2D eigenvalue weighted by Crippen LogP contribution is 2.18. The molecule has 0 aromatic rings. The Balaban J connectivity index is 2.34. The standard InChI is InChI=1S/C9H19NO/c1-5-10(9(2,3)4)6-8-7-11-8/h8H,5-7H2,1-4H3/t8-/m0/s1. The molecule has 0 unspecified atom stereocenters. The van der Waals surface area contributed by atoms with Crippen molar-refractivity contribution in [2.45, 2.75) is 39.3 Å².